The molecule has 0 aromatic carbocycles. The van der Waals surface area contributed by atoms with Crippen LogP contribution in [0.4, 0.5) is 0 Å². The van der Waals surface area contributed by atoms with E-state index in [1.165, 1.54) is 12.3 Å². The first-order valence-corrected chi connectivity index (χ1v) is 6.06. The molecule has 2 rings (SSSR count). The fourth-order valence-corrected chi connectivity index (χ4v) is 1.87. The number of aromatic nitrogens is 2. The molecule has 2 aromatic heterocycles. The maximum atomic E-state index is 12.4. The van der Waals surface area contributed by atoms with Gasteiger partial charge in [-0.3, -0.25) is 19.4 Å². The highest BCUT2D eigenvalue weighted by molar-refractivity contribution is 6.09. The van der Waals surface area contributed by atoms with Gasteiger partial charge in [0.15, 0.2) is 0 Å². The van der Waals surface area contributed by atoms with Crippen LogP contribution in [-0.2, 0) is 6.42 Å². The van der Waals surface area contributed by atoms with Crippen LogP contribution in [0.25, 0.3) is 0 Å². The van der Waals surface area contributed by atoms with Gasteiger partial charge in [-0.25, -0.2) is 0 Å². The molecule has 0 spiro atoms. The molecule has 2 aromatic rings. The third kappa shape index (κ3) is 2.49. The van der Waals surface area contributed by atoms with Crippen molar-refractivity contribution in [2.75, 3.05) is 0 Å². The van der Waals surface area contributed by atoms with Crippen molar-refractivity contribution in [3.05, 3.63) is 63.3 Å². The van der Waals surface area contributed by atoms with Crippen LogP contribution in [0, 0.1) is 0 Å². The molecule has 0 aliphatic carbocycles. The molecule has 0 fully saturated rings. The van der Waals surface area contributed by atoms with Gasteiger partial charge >= 0.3 is 0 Å². The molecule has 6 nitrogen and oxygen atoms in total. The topological polar surface area (TPSA) is 106 Å². The van der Waals surface area contributed by atoms with Gasteiger partial charge in [-0.15, -0.1) is 0 Å². The first-order valence-electron chi connectivity index (χ1n) is 6.06. The van der Waals surface area contributed by atoms with Crippen molar-refractivity contribution in [3.8, 4) is 0 Å². The SMILES string of the molecule is CCc1[nH]c(=O)c(C(N)=O)cc1C(=O)c1ccccn1. The number of H-pyrrole nitrogens is 1. The highest BCUT2D eigenvalue weighted by atomic mass is 16.2. The van der Waals surface area contributed by atoms with E-state index in [9.17, 15) is 14.4 Å². The molecule has 0 aliphatic rings. The summed E-state index contributed by atoms with van der Waals surface area (Å²) in [6, 6.07) is 6.18. The summed E-state index contributed by atoms with van der Waals surface area (Å²) < 4.78 is 0. The Bertz CT molecular complexity index is 720. The average molecular weight is 271 g/mol. The summed E-state index contributed by atoms with van der Waals surface area (Å²) in [4.78, 5) is 41.7. The second kappa shape index (κ2) is 5.48. The molecule has 1 amide bonds. The third-order valence-corrected chi connectivity index (χ3v) is 2.88. The molecule has 0 atom stereocenters. The van der Waals surface area contributed by atoms with Crippen molar-refractivity contribution in [1.82, 2.24) is 9.97 Å². The number of nitrogens with zero attached hydrogens (tertiary/aromatic N) is 1. The number of pyridine rings is 2. The minimum Gasteiger partial charge on any atom is -0.365 e. The number of hydrogen-bond acceptors (Lipinski definition) is 4. The van der Waals surface area contributed by atoms with Crippen LogP contribution in [0.1, 0.15) is 39.0 Å². The number of carbonyl (C=O) groups excluding carboxylic acids is 2. The van der Waals surface area contributed by atoms with Gasteiger partial charge in [0.05, 0.1) is 0 Å². The quantitative estimate of drug-likeness (QED) is 0.797. The second-order valence-electron chi connectivity index (χ2n) is 4.17. The van der Waals surface area contributed by atoms with E-state index < -0.39 is 11.5 Å². The van der Waals surface area contributed by atoms with Crippen LogP contribution in [0.5, 0.6) is 0 Å². The van der Waals surface area contributed by atoms with Crippen molar-refractivity contribution in [3.63, 3.8) is 0 Å². The molecule has 102 valence electrons. The fraction of sp³-hybridized carbons (Fsp3) is 0.143. The molecule has 2 heterocycles. The van der Waals surface area contributed by atoms with Crippen LogP contribution in [0.3, 0.4) is 0 Å². The van der Waals surface area contributed by atoms with Crippen LogP contribution >= 0.6 is 0 Å². The summed E-state index contributed by atoms with van der Waals surface area (Å²) in [6.45, 7) is 1.80. The van der Waals surface area contributed by atoms with Crippen LogP contribution < -0.4 is 11.3 Å². The predicted molar refractivity (Wildman–Crippen MR) is 72.6 cm³/mol. The lowest BCUT2D eigenvalue weighted by Gasteiger charge is -2.07. The molecule has 0 aliphatic heterocycles. The summed E-state index contributed by atoms with van der Waals surface area (Å²) in [5, 5.41) is 0. The first-order chi connectivity index (χ1) is 9.54. The molecule has 0 bridgehead atoms. The molecule has 0 unspecified atom stereocenters. The molecule has 3 N–H and O–H groups in total. The minimum atomic E-state index is -0.871. The number of hydrogen-bond donors (Lipinski definition) is 2. The molecular weight excluding hydrogens is 258 g/mol. The van der Waals surface area contributed by atoms with E-state index in [0.717, 1.165) is 0 Å². The van der Waals surface area contributed by atoms with Crippen molar-refractivity contribution >= 4 is 11.7 Å². The van der Waals surface area contributed by atoms with Crippen molar-refractivity contribution < 1.29 is 9.59 Å². The van der Waals surface area contributed by atoms with E-state index in [2.05, 4.69) is 9.97 Å². The minimum absolute atomic E-state index is 0.235. The maximum absolute atomic E-state index is 12.4. The van der Waals surface area contributed by atoms with Crippen molar-refractivity contribution in [1.29, 1.82) is 0 Å². The zero-order chi connectivity index (χ0) is 14.7. The van der Waals surface area contributed by atoms with E-state index in [1.54, 1.807) is 25.1 Å². The van der Waals surface area contributed by atoms with Crippen LogP contribution in [0.15, 0.2) is 35.3 Å². The number of primary amides is 1. The number of carbonyl (C=O) groups is 2. The Morgan fingerprint density at radius 1 is 1.30 bits per heavy atom. The summed E-state index contributed by atoms with van der Waals surface area (Å²) in [5.74, 6) is -1.23. The van der Waals surface area contributed by atoms with Gasteiger partial charge in [0.25, 0.3) is 11.5 Å². The monoisotopic (exact) mass is 271 g/mol. The first kappa shape index (κ1) is 13.7. The Labute approximate surface area is 114 Å². The number of nitrogens with two attached hydrogens (primary N) is 1. The zero-order valence-corrected chi connectivity index (χ0v) is 10.8. The standard InChI is InChI=1S/C14H13N3O3/c1-2-10-8(7-9(13(15)19)14(20)17-10)12(18)11-5-3-4-6-16-11/h3-7H,2H2,1H3,(H2,15,19)(H,17,20). The lowest BCUT2D eigenvalue weighted by molar-refractivity contribution is 0.0999. The number of amides is 1. The molecule has 20 heavy (non-hydrogen) atoms. The predicted octanol–water partition coefficient (Wildman–Crippen LogP) is 0.662. The van der Waals surface area contributed by atoms with Gasteiger partial charge < -0.3 is 10.7 Å². The highest BCUT2D eigenvalue weighted by Gasteiger charge is 2.18. The number of rotatable bonds is 4. The average Bonchev–Trinajstić information content (AvgIpc) is 2.46. The Balaban J connectivity index is 2.61. The van der Waals surface area contributed by atoms with Gasteiger partial charge in [-0.2, -0.15) is 0 Å². The smallest absolute Gasteiger partial charge is 0.261 e. The molecular formula is C14H13N3O3. The van der Waals surface area contributed by atoms with E-state index in [1.807, 2.05) is 0 Å². The summed E-state index contributed by atoms with van der Waals surface area (Å²) in [6.07, 6.45) is 1.95. The lowest BCUT2D eigenvalue weighted by Crippen LogP contribution is -2.26. The van der Waals surface area contributed by atoms with Crippen LogP contribution in [-0.4, -0.2) is 21.7 Å². The highest BCUT2D eigenvalue weighted by Crippen LogP contribution is 2.12. The molecule has 0 saturated carbocycles. The molecule has 0 saturated heterocycles. The van der Waals surface area contributed by atoms with E-state index in [-0.39, 0.29) is 22.6 Å². The van der Waals surface area contributed by atoms with Crippen molar-refractivity contribution in [2.24, 2.45) is 5.73 Å². The van der Waals surface area contributed by atoms with E-state index >= 15 is 0 Å². The Morgan fingerprint density at radius 3 is 2.60 bits per heavy atom. The fourth-order valence-electron chi connectivity index (χ4n) is 1.87. The zero-order valence-electron chi connectivity index (χ0n) is 10.8. The van der Waals surface area contributed by atoms with Gasteiger partial charge in [0.1, 0.15) is 11.3 Å². The van der Waals surface area contributed by atoms with Gasteiger partial charge in [0, 0.05) is 17.5 Å². The number of aromatic amines is 1. The summed E-state index contributed by atoms with van der Waals surface area (Å²) >= 11 is 0. The Hall–Kier alpha value is -2.76. The lowest BCUT2D eigenvalue weighted by atomic mass is 10.0. The summed E-state index contributed by atoms with van der Waals surface area (Å²) in [7, 11) is 0. The number of nitrogens with one attached hydrogen (secondary N) is 1. The third-order valence-electron chi connectivity index (χ3n) is 2.88. The van der Waals surface area contributed by atoms with Gasteiger partial charge in [-0.05, 0) is 24.6 Å². The van der Waals surface area contributed by atoms with Crippen molar-refractivity contribution in [2.45, 2.75) is 13.3 Å². The van der Waals surface area contributed by atoms with E-state index in [0.29, 0.717) is 12.1 Å². The number of aryl methyl sites for hydroxylation is 1. The Morgan fingerprint density at radius 2 is 2.05 bits per heavy atom. The maximum Gasteiger partial charge on any atom is 0.261 e. The normalized spacial score (nSPS) is 10.2. The van der Waals surface area contributed by atoms with Gasteiger partial charge in [0.2, 0.25) is 5.78 Å². The molecule has 6 heteroatoms. The Kier molecular flexibility index (Phi) is 3.74. The van der Waals surface area contributed by atoms with Gasteiger partial charge in [-0.1, -0.05) is 13.0 Å². The largest absolute Gasteiger partial charge is 0.365 e. The molecule has 0 radical (unpaired) electrons. The van der Waals surface area contributed by atoms with E-state index in [4.69, 9.17) is 5.73 Å². The van der Waals surface area contributed by atoms with Crippen LogP contribution in [0.2, 0.25) is 0 Å². The second-order valence-corrected chi connectivity index (χ2v) is 4.17. The summed E-state index contributed by atoms with van der Waals surface area (Å²) in [5.41, 5.74) is 5.23. The number of ketones is 1.